The van der Waals surface area contributed by atoms with Gasteiger partial charge in [0.2, 0.25) is 5.91 Å². The highest BCUT2D eigenvalue weighted by Gasteiger charge is 2.49. The van der Waals surface area contributed by atoms with Gasteiger partial charge in [-0.15, -0.1) is 5.92 Å². The van der Waals surface area contributed by atoms with E-state index in [1.54, 1.807) is 55.5 Å². The predicted molar refractivity (Wildman–Crippen MR) is 197 cm³/mol. The van der Waals surface area contributed by atoms with Crippen molar-refractivity contribution in [1.82, 2.24) is 5.32 Å². The molecule has 0 unspecified atom stereocenters. The SMILES string of the molecule is CC#CCOc1ccc(C[C@H](NC(=O)[C@@H](/C=C/CCCCCCC(=O)CCCCCCC)[C@@](O)(CC(=O)Oc2ccccc2)C(=O)O)C(=O)O)cc1. The summed E-state index contributed by atoms with van der Waals surface area (Å²) in [4.78, 5) is 63.4. The van der Waals surface area contributed by atoms with Gasteiger partial charge in [0.25, 0.3) is 0 Å². The molecule has 11 nitrogen and oxygen atoms in total. The minimum Gasteiger partial charge on any atom is -0.481 e. The van der Waals surface area contributed by atoms with Gasteiger partial charge in [0, 0.05) is 19.3 Å². The minimum atomic E-state index is -2.97. The second kappa shape index (κ2) is 24.3. The summed E-state index contributed by atoms with van der Waals surface area (Å²) < 4.78 is 10.7. The number of hydrogen-bond acceptors (Lipinski definition) is 8. The molecule has 3 atom stereocenters. The minimum absolute atomic E-state index is 0.117. The molecule has 0 spiro atoms. The number of carbonyl (C=O) groups is 5. The molecule has 0 bridgehead atoms. The average molecular weight is 720 g/mol. The van der Waals surface area contributed by atoms with Crippen LogP contribution >= 0.6 is 0 Å². The fourth-order valence-electron chi connectivity index (χ4n) is 5.49. The van der Waals surface area contributed by atoms with Crippen LogP contribution in [-0.2, 0) is 30.4 Å². The zero-order valence-electron chi connectivity index (χ0n) is 30.3. The van der Waals surface area contributed by atoms with E-state index in [2.05, 4.69) is 24.1 Å². The summed E-state index contributed by atoms with van der Waals surface area (Å²) in [6.07, 6.45) is 11.6. The molecule has 0 aliphatic rings. The Bertz CT molecular complexity index is 1510. The van der Waals surface area contributed by atoms with Crippen LogP contribution in [0.15, 0.2) is 66.7 Å². The number of rotatable bonds is 26. The Morgan fingerprint density at radius 3 is 2.08 bits per heavy atom. The molecular weight excluding hydrogens is 666 g/mol. The molecule has 0 radical (unpaired) electrons. The van der Waals surface area contributed by atoms with E-state index in [1.807, 2.05) is 0 Å². The van der Waals surface area contributed by atoms with E-state index in [0.29, 0.717) is 37.0 Å². The lowest BCUT2D eigenvalue weighted by molar-refractivity contribution is -0.171. The number of ether oxygens (including phenoxy) is 2. The van der Waals surface area contributed by atoms with Crippen LogP contribution in [0.25, 0.3) is 0 Å². The molecule has 282 valence electrons. The highest BCUT2D eigenvalue weighted by Crippen LogP contribution is 2.27. The maximum Gasteiger partial charge on any atom is 0.337 e. The molecule has 0 heterocycles. The highest BCUT2D eigenvalue weighted by atomic mass is 16.5. The van der Waals surface area contributed by atoms with Gasteiger partial charge < -0.3 is 30.1 Å². The van der Waals surface area contributed by atoms with Crippen LogP contribution in [-0.4, -0.2) is 63.2 Å². The van der Waals surface area contributed by atoms with Crippen LogP contribution in [0.1, 0.15) is 103 Å². The monoisotopic (exact) mass is 719 g/mol. The van der Waals surface area contributed by atoms with Gasteiger partial charge in [-0.05, 0) is 62.4 Å². The molecular formula is C41H53NO10. The average Bonchev–Trinajstić information content (AvgIpc) is 3.11. The number of esters is 1. The number of aliphatic hydroxyl groups is 1. The molecule has 2 aromatic carbocycles. The highest BCUT2D eigenvalue weighted by molar-refractivity contribution is 5.95. The summed E-state index contributed by atoms with van der Waals surface area (Å²) in [5.41, 5.74) is -2.42. The Morgan fingerprint density at radius 1 is 0.846 bits per heavy atom. The Hall–Kier alpha value is -4.95. The summed E-state index contributed by atoms with van der Waals surface area (Å²) in [6.45, 7) is 4.02. The van der Waals surface area contributed by atoms with E-state index < -0.39 is 47.8 Å². The Balaban J connectivity index is 2.12. The second-order valence-electron chi connectivity index (χ2n) is 12.7. The first kappa shape index (κ1) is 43.2. The van der Waals surface area contributed by atoms with Crippen molar-refractivity contribution in [3.05, 3.63) is 72.3 Å². The molecule has 0 aliphatic carbocycles. The molecule has 2 aromatic rings. The van der Waals surface area contributed by atoms with Gasteiger partial charge in [-0.1, -0.05) is 93.9 Å². The number of amides is 1. The first-order chi connectivity index (χ1) is 25.0. The number of allylic oxidation sites excluding steroid dienone is 1. The molecule has 52 heavy (non-hydrogen) atoms. The van der Waals surface area contributed by atoms with Crippen LogP contribution in [0, 0.1) is 17.8 Å². The smallest absolute Gasteiger partial charge is 0.337 e. The van der Waals surface area contributed by atoms with Crippen LogP contribution in [0.5, 0.6) is 11.5 Å². The number of aliphatic carboxylic acids is 2. The number of Topliss-reactive ketones (excluding diaryl/α,β-unsaturated/α-hetero) is 1. The van der Waals surface area contributed by atoms with Crippen molar-refractivity contribution in [2.24, 2.45) is 5.92 Å². The molecule has 0 aromatic heterocycles. The van der Waals surface area contributed by atoms with E-state index in [1.165, 1.54) is 24.6 Å². The normalized spacial score (nSPS) is 13.2. The predicted octanol–water partition coefficient (Wildman–Crippen LogP) is 6.45. The summed E-state index contributed by atoms with van der Waals surface area (Å²) in [6, 6.07) is 12.9. The van der Waals surface area contributed by atoms with E-state index in [9.17, 15) is 39.3 Å². The number of ketones is 1. The molecule has 0 fully saturated rings. The van der Waals surface area contributed by atoms with Crippen molar-refractivity contribution in [2.45, 2.75) is 115 Å². The molecule has 0 saturated carbocycles. The number of carboxylic acids is 2. The van der Waals surface area contributed by atoms with Crippen LogP contribution in [0.2, 0.25) is 0 Å². The number of nitrogens with one attached hydrogen (secondary N) is 1. The van der Waals surface area contributed by atoms with Gasteiger partial charge in [0.1, 0.15) is 29.9 Å². The maximum absolute atomic E-state index is 13.7. The fraction of sp³-hybridized carbons (Fsp3) is 0.488. The van der Waals surface area contributed by atoms with Crippen molar-refractivity contribution in [1.29, 1.82) is 0 Å². The van der Waals surface area contributed by atoms with Crippen LogP contribution < -0.4 is 14.8 Å². The Kier molecular flexibility index (Phi) is 20.2. The van der Waals surface area contributed by atoms with E-state index in [4.69, 9.17) is 9.47 Å². The van der Waals surface area contributed by atoms with Crippen LogP contribution in [0.4, 0.5) is 0 Å². The molecule has 4 N–H and O–H groups in total. The van der Waals surface area contributed by atoms with Crippen molar-refractivity contribution < 1.29 is 48.8 Å². The molecule has 2 rings (SSSR count). The van der Waals surface area contributed by atoms with E-state index >= 15 is 0 Å². The number of carbonyl (C=O) groups excluding carboxylic acids is 3. The zero-order chi connectivity index (χ0) is 38.2. The molecule has 0 aliphatic heterocycles. The van der Waals surface area contributed by atoms with Crippen molar-refractivity contribution in [2.75, 3.05) is 6.61 Å². The van der Waals surface area contributed by atoms with Gasteiger partial charge in [-0.3, -0.25) is 14.4 Å². The van der Waals surface area contributed by atoms with Gasteiger partial charge in [-0.2, -0.15) is 0 Å². The number of carboxylic acid groups (broad SMARTS) is 2. The quantitative estimate of drug-likeness (QED) is 0.0278. The lowest BCUT2D eigenvalue weighted by Gasteiger charge is -2.30. The van der Waals surface area contributed by atoms with Crippen molar-refractivity contribution >= 4 is 29.6 Å². The van der Waals surface area contributed by atoms with Gasteiger partial charge in [0.15, 0.2) is 5.60 Å². The lowest BCUT2D eigenvalue weighted by atomic mass is 9.82. The van der Waals surface area contributed by atoms with Gasteiger partial charge in [0.05, 0.1) is 12.3 Å². The molecule has 1 amide bonds. The zero-order valence-corrected chi connectivity index (χ0v) is 30.3. The standard InChI is InChI=1S/C41H53NO10/c1-3-5-7-10-14-19-32(43)20-15-11-8-9-12-18-23-35(41(50,40(48)49)30-37(44)52-34-21-16-13-17-22-34)38(45)42-36(39(46)47)29-31-24-26-33(27-25-31)51-28-6-4-2/h13,16-18,21-27,35-36,50H,3,5,7-12,14-15,19-20,28-30H2,1-2H3,(H,42,45)(H,46,47)(H,48,49)/b23-18+/t35-,36+,41+/m1/s1. The number of benzene rings is 2. The molecule has 11 heteroatoms. The number of unbranched alkanes of at least 4 members (excludes halogenated alkanes) is 8. The van der Waals surface area contributed by atoms with E-state index in [-0.39, 0.29) is 24.6 Å². The largest absolute Gasteiger partial charge is 0.481 e. The van der Waals surface area contributed by atoms with Crippen molar-refractivity contribution in [3.63, 3.8) is 0 Å². The summed E-state index contributed by atoms with van der Waals surface area (Å²) >= 11 is 0. The topological polar surface area (TPSA) is 177 Å². The summed E-state index contributed by atoms with van der Waals surface area (Å²) in [5, 5.41) is 33.9. The summed E-state index contributed by atoms with van der Waals surface area (Å²) in [5.74, 6) is -0.878. The maximum atomic E-state index is 13.7. The third-order valence-corrected chi connectivity index (χ3v) is 8.49. The number of para-hydroxylation sites is 1. The first-order valence-electron chi connectivity index (χ1n) is 18.0. The Labute approximate surface area is 306 Å². The summed E-state index contributed by atoms with van der Waals surface area (Å²) in [7, 11) is 0. The van der Waals surface area contributed by atoms with E-state index in [0.717, 1.165) is 44.9 Å². The second-order valence-corrected chi connectivity index (χ2v) is 12.7. The third kappa shape index (κ3) is 16.4. The van der Waals surface area contributed by atoms with Gasteiger partial charge in [-0.25, -0.2) is 9.59 Å². The Morgan fingerprint density at radius 2 is 1.48 bits per heavy atom. The third-order valence-electron chi connectivity index (χ3n) is 8.49. The van der Waals surface area contributed by atoms with Crippen LogP contribution in [0.3, 0.4) is 0 Å². The first-order valence-corrected chi connectivity index (χ1v) is 18.0. The van der Waals surface area contributed by atoms with Crippen molar-refractivity contribution in [3.8, 4) is 23.3 Å². The lowest BCUT2D eigenvalue weighted by Crippen LogP contribution is -2.55. The fourth-order valence-corrected chi connectivity index (χ4v) is 5.49. The molecule has 0 saturated heterocycles. The number of hydrogen-bond donors (Lipinski definition) is 4. The van der Waals surface area contributed by atoms with Gasteiger partial charge >= 0.3 is 17.9 Å².